The zero-order chi connectivity index (χ0) is 21.3. The fraction of sp³-hybridized carbons (Fsp3) is 0.688. The Kier molecular flexibility index (Phi) is 10.0. The van der Waals surface area contributed by atoms with Crippen LogP contribution in [0.4, 0.5) is 0 Å². The molecule has 0 saturated heterocycles. The van der Waals surface area contributed by atoms with Gasteiger partial charge in [0.2, 0.25) is 17.7 Å². The average Bonchev–Trinajstić information content (AvgIpc) is 2.52. The second-order valence-corrected chi connectivity index (χ2v) is 6.69. The molecule has 0 radical (unpaired) electrons. The maximum Gasteiger partial charge on any atom is 0.325 e. The van der Waals surface area contributed by atoms with E-state index >= 15 is 0 Å². The van der Waals surface area contributed by atoms with Crippen LogP contribution in [0.2, 0.25) is 0 Å². The van der Waals surface area contributed by atoms with E-state index in [0.717, 1.165) is 0 Å². The Hall–Kier alpha value is -2.69. The van der Waals surface area contributed by atoms with Crippen molar-refractivity contribution in [3.63, 3.8) is 0 Å². The van der Waals surface area contributed by atoms with Gasteiger partial charge in [-0.25, -0.2) is 0 Å². The number of aliphatic carboxylic acids is 2. The van der Waals surface area contributed by atoms with Crippen LogP contribution in [0.3, 0.4) is 0 Å². The first-order valence-electron chi connectivity index (χ1n) is 8.46. The molecule has 0 aromatic carbocycles. The molecule has 0 aromatic rings. The van der Waals surface area contributed by atoms with Gasteiger partial charge in [0.25, 0.3) is 0 Å². The summed E-state index contributed by atoms with van der Waals surface area (Å²) in [6.07, 6.45) is -0.356. The summed E-state index contributed by atoms with van der Waals surface area (Å²) in [6.45, 7) is 6.27. The molecule has 0 spiro atoms. The topological polar surface area (TPSA) is 188 Å². The molecule has 0 saturated carbocycles. The van der Waals surface area contributed by atoms with Crippen LogP contribution >= 0.6 is 0 Å². The van der Waals surface area contributed by atoms with Crippen molar-refractivity contribution in [2.75, 3.05) is 0 Å². The van der Waals surface area contributed by atoms with Crippen LogP contribution in [0.15, 0.2) is 0 Å². The first-order chi connectivity index (χ1) is 12.3. The van der Waals surface area contributed by atoms with Gasteiger partial charge in [0, 0.05) is 0 Å². The van der Waals surface area contributed by atoms with E-state index in [2.05, 4.69) is 16.0 Å². The van der Waals surface area contributed by atoms with Gasteiger partial charge in [-0.3, -0.25) is 24.0 Å². The van der Waals surface area contributed by atoms with Crippen LogP contribution in [0.1, 0.15) is 40.5 Å². The summed E-state index contributed by atoms with van der Waals surface area (Å²) in [5.74, 6) is -4.62. The van der Waals surface area contributed by atoms with Crippen LogP contribution in [-0.2, 0) is 24.0 Å². The predicted octanol–water partition coefficient (Wildman–Crippen LogP) is -1.59. The van der Waals surface area contributed by atoms with Crippen molar-refractivity contribution in [1.29, 1.82) is 0 Å². The summed E-state index contributed by atoms with van der Waals surface area (Å²) in [6, 6.07) is -4.51. The fourth-order valence-electron chi connectivity index (χ4n) is 2.04. The van der Waals surface area contributed by atoms with Gasteiger partial charge in [-0.2, -0.15) is 0 Å². The van der Waals surface area contributed by atoms with E-state index in [1.807, 2.05) is 13.8 Å². The summed E-state index contributed by atoms with van der Waals surface area (Å²) in [5.41, 5.74) is 5.49. The Morgan fingerprint density at radius 2 is 1.33 bits per heavy atom. The summed E-state index contributed by atoms with van der Waals surface area (Å²) in [5, 5.41) is 24.5. The number of carbonyl (C=O) groups is 5. The maximum atomic E-state index is 12.4. The van der Waals surface area contributed by atoms with E-state index in [1.165, 1.54) is 13.8 Å². The molecule has 0 aliphatic carbocycles. The number of hydrogen-bond donors (Lipinski definition) is 6. The van der Waals surface area contributed by atoms with Crippen molar-refractivity contribution >= 4 is 29.7 Å². The van der Waals surface area contributed by atoms with E-state index in [0.29, 0.717) is 0 Å². The molecule has 4 atom stereocenters. The largest absolute Gasteiger partial charge is 0.481 e. The molecular weight excluding hydrogens is 360 g/mol. The van der Waals surface area contributed by atoms with Crippen LogP contribution < -0.4 is 21.7 Å². The number of hydrogen-bond acceptors (Lipinski definition) is 6. The zero-order valence-corrected chi connectivity index (χ0v) is 15.8. The van der Waals surface area contributed by atoms with Gasteiger partial charge < -0.3 is 31.9 Å². The predicted molar refractivity (Wildman–Crippen MR) is 94.5 cm³/mol. The Labute approximate surface area is 157 Å². The van der Waals surface area contributed by atoms with Gasteiger partial charge in [0.15, 0.2) is 0 Å². The van der Waals surface area contributed by atoms with Gasteiger partial charge in [-0.1, -0.05) is 13.8 Å². The standard InChI is InChI=1S/C16H28N4O7/c1-7(2)5-11(20-14(24)10(17)6-12(21)22)15(25)18-8(3)13(23)19-9(4)16(26)27/h7-11H,5-6,17H2,1-4H3,(H,18,25)(H,19,23)(H,20,24)(H,21,22)(H,26,27). The van der Waals surface area contributed by atoms with E-state index < -0.39 is 60.2 Å². The second kappa shape index (κ2) is 11.1. The molecule has 0 rings (SSSR count). The quantitative estimate of drug-likeness (QED) is 0.244. The molecule has 0 heterocycles. The van der Waals surface area contributed by atoms with Gasteiger partial charge in [0.05, 0.1) is 12.5 Å². The number of amides is 3. The Bertz CT molecular complexity index is 579. The maximum absolute atomic E-state index is 12.4. The third kappa shape index (κ3) is 9.54. The lowest BCUT2D eigenvalue weighted by atomic mass is 10.0. The summed E-state index contributed by atoms with van der Waals surface area (Å²) in [7, 11) is 0. The number of rotatable bonds is 11. The molecule has 27 heavy (non-hydrogen) atoms. The molecule has 0 bridgehead atoms. The van der Waals surface area contributed by atoms with E-state index in [9.17, 15) is 24.0 Å². The Balaban J connectivity index is 4.95. The number of nitrogens with one attached hydrogen (secondary N) is 3. The fourth-order valence-corrected chi connectivity index (χ4v) is 2.04. The Morgan fingerprint density at radius 3 is 1.78 bits per heavy atom. The number of carboxylic acids is 2. The zero-order valence-electron chi connectivity index (χ0n) is 15.8. The average molecular weight is 388 g/mol. The number of carbonyl (C=O) groups excluding carboxylic acids is 3. The van der Waals surface area contributed by atoms with Crippen molar-refractivity contribution in [1.82, 2.24) is 16.0 Å². The van der Waals surface area contributed by atoms with Crippen LogP contribution in [0, 0.1) is 5.92 Å². The van der Waals surface area contributed by atoms with Crippen LogP contribution in [0.25, 0.3) is 0 Å². The van der Waals surface area contributed by atoms with Crippen molar-refractivity contribution in [2.45, 2.75) is 64.7 Å². The van der Waals surface area contributed by atoms with Crippen molar-refractivity contribution in [3.8, 4) is 0 Å². The molecule has 154 valence electrons. The summed E-state index contributed by atoms with van der Waals surface area (Å²) >= 11 is 0. The monoisotopic (exact) mass is 388 g/mol. The lowest BCUT2D eigenvalue weighted by Gasteiger charge is -2.24. The highest BCUT2D eigenvalue weighted by Gasteiger charge is 2.28. The number of nitrogens with two attached hydrogens (primary N) is 1. The number of carboxylic acid groups (broad SMARTS) is 2. The molecule has 11 heteroatoms. The lowest BCUT2D eigenvalue weighted by Crippen LogP contribution is -2.56. The third-order valence-electron chi connectivity index (χ3n) is 3.55. The second-order valence-electron chi connectivity index (χ2n) is 6.69. The minimum atomic E-state index is -1.32. The first-order valence-corrected chi connectivity index (χ1v) is 8.46. The molecular formula is C16H28N4O7. The molecule has 11 nitrogen and oxygen atoms in total. The molecule has 0 aliphatic rings. The molecule has 4 unspecified atom stereocenters. The first kappa shape index (κ1) is 24.3. The SMILES string of the molecule is CC(C)CC(NC(=O)C(N)CC(=O)O)C(=O)NC(C)C(=O)NC(C)C(=O)O. The molecule has 3 amide bonds. The van der Waals surface area contributed by atoms with Gasteiger partial charge >= 0.3 is 11.9 Å². The highest BCUT2D eigenvalue weighted by Crippen LogP contribution is 2.06. The van der Waals surface area contributed by atoms with Gasteiger partial charge in [0.1, 0.15) is 18.1 Å². The van der Waals surface area contributed by atoms with E-state index in [-0.39, 0.29) is 12.3 Å². The molecule has 0 aromatic heterocycles. The van der Waals surface area contributed by atoms with E-state index in [1.54, 1.807) is 0 Å². The third-order valence-corrected chi connectivity index (χ3v) is 3.55. The van der Waals surface area contributed by atoms with Gasteiger partial charge in [-0.05, 0) is 26.2 Å². The smallest absolute Gasteiger partial charge is 0.325 e. The lowest BCUT2D eigenvalue weighted by molar-refractivity contribution is -0.141. The van der Waals surface area contributed by atoms with Crippen molar-refractivity contribution in [3.05, 3.63) is 0 Å². The molecule has 7 N–H and O–H groups in total. The molecule has 0 fully saturated rings. The highest BCUT2D eigenvalue weighted by atomic mass is 16.4. The summed E-state index contributed by atoms with van der Waals surface area (Å²) < 4.78 is 0. The van der Waals surface area contributed by atoms with Gasteiger partial charge in [-0.15, -0.1) is 0 Å². The van der Waals surface area contributed by atoms with Crippen molar-refractivity contribution in [2.24, 2.45) is 11.7 Å². The highest BCUT2D eigenvalue weighted by molar-refractivity contribution is 5.94. The van der Waals surface area contributed by atoms with E-state index in [4.69, 9.17) is 15.9 Å². The summed E-state index contributed by atoms with van der Waals surface area (Å²) in [4.78, 5) is 57.7. The van der Waals surface area contributed by atoms with Crippen LogP contribution in [0.5, 0.6) is 0 Å². The minimum absolute atomic E-state index is 0.00733. The minimum Gasteiger partial charge on any atom is -0.481 e. The van der Waals surface area contributed by atoms with Crippen molar-refractivity contribution < 1.29 is 34.2 Å². The Morgan fingerprint density at radius 1 is 0.815 bits per heavy atom. The molecule has 0 aliphatic heterocycles. The van der Waals surface area contributed by atoms with Crippen LogP contribution in [-0.4, -0.2) is 64.0 Å². The normalized spacial score (nSPS) is 15.2.